The third kappa shape index (κ3) is 1.80. The molecule has 3 N–H and O–H groups in total. The van der Waals surface area contributed by atoms with Crippen molar-refractivity contribution >= 4 is 5.69 Å². The molecule has 4 heteroatoms. The molecule has 102 valence electrons. The Bertz CT molecular complexity index is 657. The summed E-state index contributed by atoms with van der Waals surface area (Å²) in [4.78, 5) is 0. The van der Waals surface area contributed by atoms with Gasteiger partial charge in [-0.1, -0.05) is 24.3 Å². The van der Waals surface area contributed by atoms with Crippen molar-refractivity contribution < 1.29 is 9.47 Å². The number of rotatable bonds is 1. The lowest BCUT2D eigenvalue weighted by molar-refractivity contribution is 0.174. The summed E-state index contributed by atoms with van der Waals surface area (Å²) in [7, 11) is 0. The summed E-state index contributed by atoms with van der Waals surface area (Å²) in [6.45, 7) is 0.305. The number of nitrogens with one attached hydrogen (secondary N) is 1. The highest BCUT2D eigenvalue weighted by Crippen LogP contribution is 2.40. The third-order valence-corrected chi connectivity index (χ3v) is 3.98. The smallest absolute Gasteiger partial charge is 0.231 e. The number of nitrogens with two attached hydrogens (primary N) is 1. The van der Waals surface area contributed by atoms with Gasteiger partial charge in [-0.25, -0.2) is 0 Å². The SMILES string of the molecule is NC1CC(c2ccc3c(c2)OCO3)Nc2ccccc21. The Morgan fingerprint density at radius 1 is 1.05 bits per heavy atom. The lowest BCUT2D eigenvalue weighted by Crippen LogP contribution is -2.25. The number of anilines is 1. The first-order valence-electron chi connectivity index (χ1n) is 6.82. The molecule has 2 aromatic carbocycles. The molecule has 0 aromatic heterocycles. The minimum absolute atomic E-state index is 0.0582. The summed E-state index contributed by atoms with van der Waals surface area (Å²) < 4.78 is 10.8. The Balaban J connectivity index is 1.68. The van der Waals surface area contributed by atoms with Gasteiger partial charge in [-0.15, -0.1) is 0 Å². The van der Waals surface area contributed by atoms with Crippen molar-refractivity contribution in [3.63, 3.8) is 0 Å². The Morgan fingerprint density at radius 3 is 2.85 bits per heavy atom. The molecule has 2 aromatic rings. The molecule has 4 nitrogen and oxygen atoms in total. The van der Waals surface area contributed by atoms with Crippen LogP contribution in [-0.4, -0.2) is 6.79 Å². The molecule has 20 heavy (non-hydrogen) atoms. The van der Waals surface area contributed by atoms with E-state index in [4.69, 9.17) is 15.2 Å². The van der Waals surface area contributed by atoms with Crippen LogP contribution in [0.5, 0.6) is 11.5 Å². The minimum Gasteiger partial charge on any atom is -0.454 e. The van der Waals surface area contributed by atoms with Gasteiger partial charge in [0.25, 0.3) is 0 Å². The van der Waals surface area contributed by atoms with E-state index < -0.39 is 0 Å². The van der Waals surface area contributed by atoms with Crippen LogP contribution >= 0.6 is 0 Å². The largest absolute Gasteiger partial charge is 0.454 e. The van der Waals surface area contributed by atoms with Gasteiger partial charge in [-0.3, -0.25) is 0 Å². The van der Waals surface area contributed by atoms with Crippen molar-refractivity contribution in [3.8, 4) is 11.5 Å². The van der Waals surface area contributed by atoms with Gasteiger partial charge in [0.1, 0.15) is 0 Å². The van der Waals surface area contributed by atoms with Crippen molar-refractivity contribution in [1.82, 2.24) is 0 Å². The van der Waals surface area contributed by atoms with E-state index >= 15 is 0 Å². The normalized spacial score (nSPS) is 23.1. The van der Waals surface area contributed by atoms with Crippen LogP contribution in [0.15, 0.2) is 42.5 Å². The van der Waals surface area contributed by atoms with Gasteiger partial charge in [-0.2, -0.15) is 0 Å². The molecule has 0 saturated carbocycles. The molecule has 0 fully saturated rings. The number of para-hydroxylation sites is 1. The first-order valence-corrected chi connectivity index (χ1v) is 6.82. The average molecular weight is 268 g/mol. The number of fused-ring (bicyclic) bond motifs is 2. The van der Waals surface area contributed by atoms with Crippen LogP contribution in [0.4, 0.5) is 5.69 Å². The Kier molecular flexibility index (Phi) is 2.57. The number of ether oxygens (including phenoxy) is 2. The van der Waals surface area contributed by atoms with Gasteiger partial charge in [-0.05, 0) is 35.7 Å². The van der Waals surface area contributed by atoms with E-state index in [2.05, 4.69) is 23.5 Å². The Hall–Kier alpha value is -2.20. The van der Waals surface area contributed by atoms with Crippen molar-refractivity contribution in [2.24, 2.45) is 5.73 Å². The molecule has 2 heterocycles. The second kappa shape index (κ2) is 4.42. The summed E-state index contributed by atoms with van der Waals surface area (Å²) in [5, 5.41) is 3.56. The highest BCUT2D eigenvalue weighted by Gasteiger charge is 2.26. The first-order chi connectivity index (χ1) is 9.81. The lowest BCUT2D eigenvalue weighted by Gasteiger charge is -2.31. The number of benzene rings is 2. The van der Waals surface area contributed by atoms with Crippen molar-refractivity contribution in [2.75, 3.05) is 12.1 Å². The summed E-state index contributed by atoms with van der Waals surface area (Å²) >= 11 is 0. The third-order valence-electron chi connectivity index (χ3n) is 3.98. The van der Waals surface area contributed by atoms with Crippen LogP contribution in [0.2, 0.25) is 0 Å². The lowest BCUT2D eigenvalue weighted by atomic mass is 9.90. The van der Waals surface area contributed by atoms with Crippen LogP contribution in [0, 0.1) is 0 Å². The van der Waals surface area contributed by atoms with E-state index in [0.717, 1.165) is 23.6 Å². The zero-order valence-corrected chi connectivity index (χ0v) is 11.0. The van der Waals surface area contributed by atoms with Crippen LogP contribution < -0.4 is 20.5 Å². The maximum Gasteiger partial charge on any atom is 0.231 e. The maximum atomic E-state index is 6.29. The van der Waals surface area contributed by atoms with Crippen LogP contribution in [0.25, 0.3) is 0 Å². The Labute approximate surface area is 117 Å². The topological polar surface area (TPSA) is 56.5 Å². The summed E-state index contributed by atoms with van der Waals surface area (Å²) in [6.07, 6.45) is 0.872. The fraction of sp³-hybridized carbons (Fsp3) is 0.250. The van der Waals surface area contributed by atoms with Crippen molar-refractivity contribution in [3.05, 3.63) is 53.6 Å². The summed E-state index contributed by atoms with van der Waals surface area (Å²) in [5.74, 6) is 1.63. The molecular weight excluding hydrogens is 252 g/mol. The molecule has 0 radical (unpaired) electrons. The van der Waals surface area contributed by atoms with Gasteiger partial charge in [0.2, 0.25) is 6.79 Å². The standard InChI is InChI=1S/C16H16N2O2/c17-12-8-14(18-13-4-2-1-3-11(12)13)10-5-6-15-16(7-10)20-9-19-15/h1-7,12,14,18H,8-9,17H2. The molecule has 2 aliphatic rings. The first kappa shape index (κ1) is 11.6. The van der Waals surface area contributed by atoms with Crippen molar-refractivity contribution in [1.29, 1.82) is 0 Å². The summed E-state index contributed by atoms with van der Waals surface area (Å²) in [5.41, 5.74) is 9.77. The van der Waals surface area contributed by atoms with Crippen molar-refractivity contribution in [2.45, 2.75) is 18.5 Å². The predicted molar refractivity (Wildman–Crippen MR) is 76.9 cm³/mol. The second-order valence-corrected chi connectivity index (χ2v) is 5.24. The van der Waals surface area contributed by atoms with E-state index in [1.54, 1.807) is 0 Å². The van der Waals surface area contributed by atoms with E-state index in [0.29, 0.717) is 6.79 Å². The van der Waals surface area contributed by atoms with Crippen LogP contribution in [-0.2, 0) is 0 Å². The molecule has 2 aliphatic heterocycles. The monoisotopic (exact) mass is 268 g/mol. The zero-order chi connectivity index (χ0) is 13.5. The minimum atomic E-state index is 0.0582. The van der Waals surface area contributed by atoms with Gasteiger partial charge in [0.15, 0.2) is 11.5 Å². The molecule has 0 amide bonds. The van der Waals surface area contributed by atoms with Gasteiger partial charge in [0, 0.05) is 11.7 Å². The highest BCUT2D eigenvalue weighted by atomic mass is 16.7. The molecular formula is C16H16N2O2. The van der Waals surface area contributed by atoms with Gasteiger partial charge < -0.3 is 20.5 Å². The van der Waals surface area contributed by atoms with Gasteiger partial charge in [0.05, 0.1) is 6.04 Å². The van der Waals surface area contributed by atoms with Crippen LogP contribution in [0.3, 0.4) is 0 Å². The van der Waals surface area contributed by atoms with E-state index in [1.165, 1.54) is 11.1 Å². The van der Waals surface area contributed by atoms with E-state index in [1.807, 2.05) is 24.3 Å². The molecule has 0 saturated heterocycles. The molecule has 2 atom stereocenters. The van der Waals surface area contributed by atoms with E-state index in [9.17, 15) is 0 Å². The summed E-state index contributed by atoms with van der Waals surface area (Å²) in [6, 6.07) is 14.6. The van der Waals surface area contributed by atoms with Crippen LogP contribution in [0.1, 0.15) is 29.6 Å². The second-order valence-electron chi connectivity index (χ2n) is 5.24. The zero-order valence-electron chi connectivity index (χ0n) is 11.0. The Morgan fingerprint density at radius 2 is 1.90 bits per heavy atom. The quantitative estimate of drug-likeness (QED) is 0.835. The fourth-order valence-corrected chi connectivity index (χ4v) is 2.93. The van der Waals surface area contributed by atoms with E-state index in [-0.39, 0.29) is 12.1 Å². The maximum absolute atomic E-state index is 6.29. The fourth-order valence-electron chi connectivity index (χ4n) is 2.93. The predicted octanol–water partition coefficient (Wildman–Crippen LogP) is 2.97. The van der Waals surface area contributed by atoms with Gasteiger partial charge >= 0.3 is 0 Å². The molecule has 4 rings (SSSR count). The average Bonchev–Trinajstić information content (AvgIpc) is 2.94. The number of hydrogen-bond donors (Lipinski definition) is 2. The molecule has 0 spiro atoms. The number of hydrogen-bond acceptors (Lipinski definition) is 4. The molecule has 2 unspecified atom stereocenters. The highest BCUT2D eigenvalue weighted by molar-refractivity contribution is 5.57. The molecule has 0 aliphatic carbocycles. The molecule has 0 bridgehead atoms.